The molecule has 32 heavy (non-hydrogen) atoms. The Labute approximate surface area is 191 Å². The maximum absolute atomic E-state index is 12.2. The van der Waals surface area contributed by atoms with Crippen LogP contribution in [0.5, 0.6) is 0 Å². The highest BCUT2D eigenvalue weighted by molar-refractivity contribution is 5.93. The first-order valence-electron chi connectivity index (χ1n) is 11.9. The molecule has 3 N–H and O–H groups in total. The van der Waals surface area contributed by atoms with Crippen molar-refractivity contribution in [3.8, 4) is 0 Å². The Balaban J connectivity index is 1.33. The van der Waals surface area contributed by atoms with E-state index in [1.54, 1.807) is 0 Å². The van der Waals surface area contributed by atoms with Crippen LogP contribution >= 0.6 is 0 Å². The molecule has 1 atom stereocenters. The topological polar surface area (TPSA) is 68.8 Å². The molecule has 0 radical (unpaired) electrons. The Kier molecular flexibility index (Phi) is 7.30. The van der Waals surface area contributed by atoms with Crippen LogP contribution in [0.2, 0.25) is 0 Å². The Morgan fingerprint density at radius 3 is 2.66 bits per heavy atom. The molecule has 0 spiro atoms. The zero-order valence-electron chi connectivity index (χ0n) is 19.2. The summed E-state index contributed by atoms with van der Waals surface area (Å²) in [6.45, 7) is 7.60. The molecule has 6 heteroatoms. The van der Waals surface area contributed by atoms with Gasteiger partial charge in [-0.3, -0.25) is 4.79 Å². The fourth-order valence-electron chi connectivity index (χ4n) is 4.21. The molecule has 2 aromatic rings. The summed E-state index contributed by atoms with van der Waals surface area (Å²) in [5.74, 6) is 1.17. The van der Waals surface area contributed by atoms with Crippen molar-refractivity contribution >= 4 is 23.2 Å². The van der Waals surface area contributed by atoms with Gasteiger partial charge in [-0.05, 0) is 62.9 Å². The van der Waals surface area contributed by atoms with Gasteiger partial charge in [0.15, 0.2) is 5.96 Å². The maximum atomic E-state index is 12.2. The molecule has 6 nitrogen and oxygen atoms in total. The molecule has 2 aromatic carbocycles. The van der Waals surface area contributed by atoms with E-state index in [0.29, 0.717) is 12.6 Å². The van der Waals surface area contributed by atoms with E-state index in [0.717, 1.165) is 62.5 Å². The zero-order valence-corrected chi connectivity index (χ0v) is 19.2. The summed E-state index contributed by atoms with van der Waals surface area (Å²) in [6.07, 6.45) is 4.27. The second-order valence-corrected chi connectivity index (χ2v) is 8.92. The average molecular weight is 434 g/mol. The van der Waals surface area contributed by atoms with Crippen molar-refractivity contribution in [2.24, 2.45) is 10.9 Å². The fourth-order valence-corrected chi connectivity index (χ4v) is 4.21. The summed E-state index contributed by atoms with van der Waals surface area (Å²) in [7, 11) is 0. The largest absolute Gasteiger partial charge is 0.369 e. The molecular weight excluding hydrogens is 398 g/mol. The molecule has 2 fully saturated rings. The van der Waals surface area contributed by atoms with E-state index >= 15 is 0 Å². The van der Waals surface area contributed by atoms with Crippen molar-refractivity contribution in [2.45, 2.75) is 52.1 Å². The molecule has 0 bridgehead atoms. The summed E-state index contributed by atoms with van der Waals surface area (Å²) in [5.41, 5.74) is 4.51. The van der Waals surface area contributed by atoms with Gasteiger partial charge in [-0.1, -0.05) is 36.2 Å². The van der Waals surface area contributed by atoms with E-state index in [1.165, 1.54) is 11.3 Å². The number of aliphatic imine (C=N–C) groups is 1. The van der Waals surface area contributed by atoms with Crippen molar-refractivity contribution < 1.29 is 4.79 Å². The van der Waals surface area contributed by atoms with Gasteiger partial charge in [0.25, 0.3) is 0 Å². The molecule has 1 saturated carbocycles. The van der Waals surface area contributed by atoms with Crippen molar-refractivity contribution in [3.63, 3.8) is 0 Å². The minimum Gasteiger partial charge on any atom is -0.369 e. The van der Waals surface area contributed by atoms with Gasteiger partial charge in [0.05, 0.1) is 6.54 Å². The molecule has 1 unspecified atom stereocenters. The van der Waals surface area contributed by atoms with E-state index in [2.05, 4.69) is 65.0 Å². The average Bonchev–Trinajstić information content (AvgIpc) is 3.20. The molecule has 4 rings (SSSR count). The molecule has 1 aliphatic carbocycles. The molecule has 0 aromatic heterocycles. The minimum atomic E-state index is 0.145. The van der Waals surface area contributed by atoms with Crippen LogP contribution in [0.4, 0.5) is 11.4 Å². The number of anilines is 2. The summed E-state index contributed by atoms with van der Waals surface area (Å²) in [4.78, 5) is 19.5. The van der Waals surface area contributed by atoms with E-state index in [1.807, 2.05) is 18.2 Å². The number of benzene rings is 2. The molecular formula is C26H35N5O. The lowest BCUT2D eigenvalue weighted by molar-refractivity contribution is -0.122. The number of carbonyl (C=O) groups excluding carboxylic acids is 1. The van der Waals surface area contributed by atoms with Gasteiger partial charge in [0, 0.05) is 43.0 Å². The van der Waals surface area contributed by atoms with Gasteiger partial charge in [-0.25, -0.2) is 4.99 Å². The predicted molar refractivity (Wildman–Crippen MR) is 132 cm³/mol. The van der Waals surface area contributed by atoms with Crippen LogP contribution in [-0.4, -0.2) is 37.5 Å². The lowest BCUT2D eigenvalue weighted by Crippen LogP contribution is -2.44. The van der Waals surface area contributed by atoms with Gasteiger partial charge >= 0.3 is 0 Å². The summed E-state index contributed by atoms with van der Waals surface area (Å²) < 4.78 is 0. The summed E-state index contributed by atoms with van der Waals surface area (Å²) >= 11 is 0. The van der Waals surface area contributed by atoms with Crippen molar-refractivity contribution in [3.05, 3.63) is 59.7 Å². The van der Waals surface area contributed by atoms with E-state index in [9.17, 15) is 4.79 Å². The second-order valence-electron chi connectivity index (χ2n) is 8.92. The number of aryl methyl sites for hydroxylation is 1. The van der Waals surface area contributed by atoms with Gasteiger partial charge in [0.1, 0.15) is 0 Å². The first-order chi connectivity index (χ1) is 15.6. The number of hydrogen-bond donors (Lipinski definition) is 3. The fraction of sp³-hybridized carbons (Fsp3) is 0.462. The normalized spacial score (nSPS) is 18.9. The van der Waals surface area contributed by atoms with Crippen LogP contribution in [0.15, 0.2) is 53.5 Å². The minimum absolute atomic E-state index is 0.145. The van der Waals surface area contributed by atoms with Gasteiger partial charge in [-0.15, -0.1) is 0 Å². The monoisotopic (exact) mass is 433 g/mol. The smallest absolute Gasteiger partial charge is 0.227 e. The molecule has 1 saturated heterocycles. The number of carbonyl (C=O) groups is 1. The van der Waals surface area contributed by atoms with Gasteiger partial charge < -0.3 is 20.9 Å². The molecule has 1 amide bonds. The van der Waals surface area contributed by atoms with Crippen molar-refractivity contribution in [1.29, 1.82) is 0 Å². The van der Waals surface area contributed by atoms with E-state index < -0.39 is 0 Å². The molecule has 2 aliphatic rings. The van der Waals surface area contributed by atoms with Crippen molar-refractivity contribution in [2.75, 3.05) is 29.9 Å². The number of nitrogens with one attached hydrogen (secondary N) is 3. The molecule has 170 valence electrons. The van der Waals surface area contributed by atoms with Crippen LogP contribution in [0.25, 0.3) is 0 Å². The standard InChI is InChI=1S/C26H35N5O/c1-3-27-26(30-23-14-15-31(18-23)24-12-10-19(2)11-13-24)28-17-20-6-4-9-22(16-20)29-25(32)21-7-5-8-21/h4,6,9-13,16,21,23H,3,5,7-8,14-15,17-18H2,1-2H3,(H,29,32)(H2,27,28,30). The Morgan fingerprint density at radius 2 is 1.94 bits per heavy atom. The predicted octanol–water partition coefficient (Wildman–Crippen LogP) is 4.07. The molecule has 1 aliphatic heterocycles. The van der Waals surface area contributed by atoms with Gasteiger partial charge in [-0.2, -0.15) is 0 Å². The van der Waals surface area contributed by atoms with Crippen LogP contribution in [0.1, 0.15) is 43.7 Å². The summed E-state index contributed by atoms with van der Waals surface area (Å²) in [5, 5.41) is 10.0. The lowest BCUT2D eigenvalue weighted by Gasteiger charge is -2.24. The summed E-state index contributed by atoms with van der Waals surface area (Å²) in [6, 6.07) is 17.1. The van der Waals surface area contributed by atoms with Crippen LogP contribution < -0.4 is 20.9 Å². The third-order valence-corrected chi connectivity index (χ3v) is 6.36. The van der Waals surface area contributed by atoms with Crippen LogP contribution in [-0.2, 0) is 11.3 Å². The number of nitrogens with zero attached hydrogens (tertiary/aromatic N) is 2. The van der Waals surface area contributed by atoms with E-state index in [4.69, 9.17) is 4.99 Å². The highest BCUT2D eigenvalue weighted by Gasteiger charge is 2.25. The zero-order chi connectivity index (χ0) is 22.3. The molecule has 1 heterocycles. The quantitative estimate of drug-likeness (QED) is 0.455. The second kappa shape index (κ2) is 10.5. The van der Waals surface area contributed by atoms with Crippen LogP contribution in [0.3, 0.4) is 0 Å². The highest BCUT2D eigenvalue weighted by Crippen LogP contribution is 2.27. The third-order valence-electron chi connectivity index (χ3n) is 6.36. The van der Waals surface area contributed by atoms with E-state index in [-0.39, 0.29) is 11.8 Å². The first-order valence-corrected chi connectivity index (χ1v) is 11.9. The number of amides is 1. The number of guanidine groups is 1. The first kappa shape index (κ1) is 22.2. The third kappa shape index (κ3) is 5.81. The Hall–Kier alpha value is -3.02. The number of rotatable bonds is 7. The Morgan fingerprint density at radius 1 is 1.12 bits per heavy atom. The maximum Gasteiger partial charge on any atom is 0.227 e. The SMILES string of the molecule is CCNC(=NCc1cccc(NC(=O)C2CCC2)c1)NC1CCN(c2ccc(C)cc2)C1. The Bertz CT molecular complexity index is 935. The van der Waals surface area contributed by atoms with Gasteiger partial charge in [0.2, 0.25) is 5.91 Å². The highest BCUT2D eigenvalue weighted by atomic mass is 16.1. The lowest BCUT2D eigenvalue weighted by atomic mass is 9.85. The number of hydrogen-bond acceptors (Lipinski definition) is 3. The van der Waals surface area contributed by atoms with Crippen LogP contribution in [0, 0.1) is 12.8 Å². The van der Waals surface area contributed by atoms with Crippen molar-refractivity contribution in [1.82, 2.24) is 10.6 Å².